The highest BCUT2D eigenvalue weighted by Crippen LogP contribution is 2.28. The summed E-state index contributed by atoms with van der Waals surface area (Å²) in [6.45, 7) is 7.33. The molecule has 0 aromatic heterocycles. The number of carbonyl (C=O) groups excluding carboxylic acids is 1. The molecule has 0 spiro atoms. The normalized spacial score (nSPS) is 35.0. The maximum absolute atomic E-state index is 13.0. The molecule has 6 nitrogen and oxygen atoms in total. The summed E-state index contributed by atoms with van der Waals surface area (Å²) in [4.78, 5) is 13.9. The third kappa shape index (κ3) is 3.56. The van der Waals surface area contributed by atoms with Crippen molar-refractivity contribution in [3.8, 4) is 0 Å². The number of likely N-dealkylation sites (tertiary alicyclic amines) is 1. The molecular weight excluding hydrogens is 314 g/mol. The SMILES string of the molecule is C[C@@H]1C[C@H](C)CN(S(=O)(=O)N2CCC[C@H](N3CCCC3=O)C2)C1. The van der Waals surface area contributed by atoms with Crippen molar-refractivity contribution in [3.05, 3.63) is 0 Å². The Hall–Kier alpha value is -0.660. The number of piperidine rings is 2. The maximum atomic E-state index is 13.0. The molecule has 3 fully saturated rings. The summed E-state index contributed by atoms with van der Waals surface area (Å²) in [6.07, 6.45) is 4.38. The number of hydrogen-bond donors (Lipinski definition) is 0. The van der Waals surface area contributed by atoms with E-state index in [2.05, 4.69) is 13.8 Å². The van der Waals surface area contributed by atoms with E-state index in [1.165, 1.54) is 0 Å². The number of hydrogen-bond acceptors (Lipinski definition) is 3. The van der Waals surface area contributed by atoms with E-state index in [1.54, 1.807) is 8.61 Å². The Morgan fingerprint density at radius 2 is 1.65 bits per heavy atom. The molecule has 23 heavy (non-hydrogen) atoms. The topological polar surface area (TPSA) is 60.9 Å². The van der Waals surface area contributed by atoms with Crippen LogP contribution in [0.5, 0.6) is 0 Å². The first-order valence-electron chi connectivity index (χ1n) is 8.92. The molecule has 3 heterocycles. The molecule has 0 unspecified atom stereocenters. The number of nitrogens with zero attached hydrogens (tertiary/aromatic N) is 3. The van der Waals surface area contributed by atoms with Gasteiger partial charge >= 0.3 is 0 Å². The van der Waals surface area contributed by atoms with Crippen LogP contribution in [-0.4, -0.2) is 66.6 Å². The lowest BCUT2D eigenvalue weighted by atomic mass is 9.94. The average Bonchev–Trinajstić information content (AvgIpc) is 2.92. The Labute approximate surface area is 140 Å². The van der Waals surface area contributed by atoms with Gasteiger partial charge in [-0.05, 0) is 37.5 Å². The van der Waals surface area contributed by atoms with Crippen molar-refractivity contribution in [1.29, 1.82) is 0 Å². The molecule has 0 bridgehead atoms. The first-order valence-corrected chi connectivity index (χ1v) is 10.3. The molecule has 3 aliphatic heterocycles. The zero-order valence-electron chi connectivity index (χ0n) is 14.3. The van der Waals surface area contributed by atoms with Crippen LogP contribution in [0.3, 0.4) is 0 Å². The van der Waals surface area contributed by atoms with Crippen molar-refractivity contribution >= 4 is 16.1 Å². The summed E-state index contributed by atoms with van der Waals surface area (Å²) >= 11 is 0. The minimum absolute atomic E-state index is 0.0631. The monoisotopic (exact) mass is 343 g/mol. The van der Waals surface area contributed by atoms with Gasteiger partial charge in [-0.15, -0.1) is 0 Å². The molecule has 0 aromatic rings. The predicted octanol–water partition coefficient (Wildman–Crippen LogP) is 1.30. The van der Waals surface area contributed by atoms with E-state index < -0.39 is 10.2 Å². The molecule has 132 valence electrons. The molecule has 1 amide bonds. The quantitative estimate of drug-likeness (QED) is 0.776. The van der Waals surface area contributed by atoms with E-state index >= 15 is 0 Å². The fraction of sp³-hybridized carbons (Fsp3) is 0.938. The smallest absolute Gasteiger partial charge is 0.282 e. The van der Waals surface area contributed by atoms with E-state index in [-0.39, 0.29) is 11.9 Å². The van der Waals surface area contributed by atoms with Crippen LogP contribution in [0.1, 0.15) is 46.0 Å². The summed E-state index contributed by atoms with van der Waals surface area (Å²) in [5.74, 6) is 1.01. The van der Waals surface area contributed by atoms with Gasteiger partial charge < -0.3 is 4.90 Å². The Balaban J connectivity index is 1.70. The maximum Gasteiger partial charge on any atom is 0.282 e. The van der Waals surface area contributed by atoms with Crippen LogP contribution in [0.4, 0.5) is 0 Å². The molecular formula is C16H29N3O3S. The summed E-state index contributed by atoms with van der Waals surface area (Å²) in [5.41, 5.74) is 0. The van der Waals surface area contributed by atoms with E-state index in [9.17, 15) is 13.2 Å². The van der Waals surface area contributed by atoms with Crippen molar-refractivity contribution in [3.63, 3.8) is 0 Å². The van der Waals surface area contributed by atoms with Crippen molar-refractivity contribution in [2.24, 2.45) is 11.8 Å². The fourth-order valence-electron chi connectivity index (χ4n) is 4.40. The second-order valence-electron chi connectivity index (χ2n) is 7.62. The standard InChI is InChI=1S/C16H29N3O3S/c1-13-9-14(2)11-18(10-13)23(21,22)17-7-3-5-15(12-17)19-8-4-6-16(19)20/h13-15H,3-12H2,1-2H3/t13-,14+,15-/m0/s1. The Kier molecular flexibility index (Phi) is 4.99. The molecule has 3 atom stereocenters. The van der Waals surface area contributed by atoms with Crippen LogP contribution in [-0.2, 0) is 15.0 Å². The minimum Gasteiger partial charge on any atom is -0.338 e. The van der Waals surface area contributed by atoms with Crippen LogP contribution in [0, 0.1) is 11.8 Å². The van der Waals surface area contributed by atoms with Gasteiger partial charge in [0.05, 0.1) is 0 Å². The lowest BCUT2D eigenvalue weighted by Crippen LogP contribution is -2.55. The van der Waals surface area contributed by atoms with Gasteiger partial charge in [-0.1, -0.05) is 13.8 Å². The number of carbonyl (C=O) groups is 1. The zero-order chi connectivity index (χ0) is 16.6. The molecule has 0 aliphatic carbocycles. The third-order valence-electron chi connectivity index (χ3n) is 5.40. The minimum atomic E-state index is -3.40. The van der Waals surface area contributed by atoms with Gasteiger partial charge in [0.25, 0.3) is 10.2 Å². The summed E-state index contributed by atoms with van der Waals surface area (Å²) < 4.78 is 29.3. The molecule has 3 saturated heterocycles. The lowest BCUT2D eigenvalue weighted by molar-refractivity contribution is -0.130. The van der Waals surface area contributed by atoms with Crippen molar-refractivity contribution in [1.82, 2.24) is 13.5 Å². The van der Waals surface area contributed by atoms with Crippen molar-refractivity contribution < 1.29 is 13.2 Å². The van der Waals surface area contributed by atoms with E-state index in [4.69, 9.17) is 0 Å². The molecule has 0 aromatic carbocycles. The third-order valence-corrected chi connectivity index (χ3v) is 7.33. The highest BCUT2D eigenvalue weighted by molar-refractivity contribution is 7.86. The lowest BCUT2D eigenvalue weighted by Gasteiger charge is -2.41. The van der Waals surface area contributed by atoms with Crippen molar-refractivity contribution in [2.75, 3.05) is 32.7 Å². The van der Waals surface area contributed by atoms with Crippen LogP contribution in [0.25, 0.3) is 0 Å². The number of rotatable bonds is 3. The van der Waals surface area contributed by atoms with Gasteiger partial charge in [0.2, 0.25) is 5.91 Å². The first-order chi connectivity index (χ1) is 10.9. The Bertz CT molecular complexity index is 541. The van der Waals surface area contributed by atoms with E-state index in [0.717, 1.165) is 32.2 Å². The number of amides is 1. The second kappa shape index (κ2) is 6.69. The van der Waals surface area contributed by atoms with Gasteiger partial charge in [0, 0.05) is 45.2 Å². The second-order valence-corrected chi connectivity index (χ2v) is 9.54. The van der Waals surface area contributed by atoms with Gasteiger partial charge in [-0.25, -0.2) is 0 Å². The fourth-order valence-corrected chi connectivity index (χ4v) is 6.33. The first kappa shape index (κ1) is 17.2. The van der Waals surface area contributed by atoms with Gasteiger partial charge in [-0.3, -0.25) is 4.79 Å². The molecule has 0 saturated carbocycles. The molecule has 0 radical (unpaired) electrons. The highest BCUT2D eigenvalue weighted by Gasteiger charge is 2.39. The summed E-state index contributed by atoms with van der Waals surface area (Å²) in [7, 11) is -3.40. The zero-order valence-corrected chi connectivity index (χ0v) is 15.1. The summed E-state index contributed by atoms with van der Waals surface area (Å²) in [5, 5.41) is 0. The average molecular weight is 343 g/mol. The van der Waals surface area contributed by atoms with Crippen LogP contribution >= 0.6 is 0 Å². The van der Waals surface area contributed by atoms with E-state index in [0.29, 0.717) is 44.4 Å². The van der Waals surface area contributed by atoms with Gasteiger partial charge in [-0.2, -0.15) is 17.0 Å². The predicted molar refractivity (Wildman–Crippen MR) is 89.0 cm³/mol. The van der Waals surface area contributed by atoms with Gasteiger partial charge in [0.1, 0.15) is 0 Å². The van der Waals surface area contributed by atoms with Crippen LogP contribution in [0.2, 0.25) is 0 Å². The van der Waals surface area contributed by atoms with Crippen molar-refractivity contribution in [2.45, 2.75) is 52.0 Å². The molecule has 7 heteroatoms. The summed E-state index contributed by atoms with van der Waals surface area (Å²) in [6, 6.07) is 0.0631. The molecule has 3 rings (SSSR count). The van der Waals surface area contributed by atoms with Crippen LogP contribution in [0.15, 0.2) is 0 Å². The largest absolute Gasteiger partial charge is 0.338 e. The highest BCUT2D eigenvalue weighted by atomic mass is 32.2. The molecule has 0 N–H and O–H groups in total. The van der Waals surface area contributed by atoms with Gasteiger partial charge in [0.15, 0.2) is 0 Å². The Morgan fingerprint density at radius 1 is 0.957 bits per heavy atom. The Morgan fingerprint density at radius 3 is 2.26 bits per heavy atom. The van der Waals surface area contributed by atoms with Crippen LogP contribution < -0.4 is 0 Å². The molecule has 3 aliphatic rings. The van der Waals surface area contributed by atoms with E-state index in [1.807, 2.05) is 4.90 Å².